The molecule has 0 amide bonds. The Hall–Kier alpha value is -4.12. The van der Waals surface area contributed by atoms with Crippen LogP contribution < -0.4 is 21.2 Å². The first kappa shape index (κ1) is 30.1. The fourth-order valence-corrected chi connectivity index (χ4v) is 3.87. The molecule has 0 aliphatic carbocycles. The number of aromatic nitrogens is 4. The largest absolute Gasteiger partial charge is 0.481 e. The highest BCUT2D eigenvalue weighted by Gasteiger charge is 2.17. The number of piperidine rings is 1. The summed E-state index contributed by atoms with van der Waals surface area (Å²) in [5.74, 6) is 5.70. The Kier molecular flexibility index (Phi) is 12.0. The third-order valence-corrected chi connectivity index (χ3v) is 5.61. The van der Waals surface area contributed by atoms with Crippen molar-refractivity contribution in [3.05, 3.63) is 66.0 Å². The Balaban J connectivity index is 0.000000773. The van der Waals surface area contributed by atoms with E-state index in [0.29, 0.717) is 23.0 Å². The average Bonchev–Trinajstić information content (AvgIpc) is 3.45. The SMILES string of the molecule is CC.CC(=O)O.Cc1nc(/C(N)=C(\COc2cc(-n3cccn3)ccn2)N(C)N)ccc1N1CCCCC1. The molecule has 3 aromatic heterocycles. The van der Waals surface area contributed by atoms with Crippen molar-refractivity contribution < 1.29 is 14.6 Å². The van der Waals surface area contributed by atoms with Gasteiger partial charge in [-0.15, -0.1) is 0 Å². The van der Waals surface area contributed by atoms with Crippen molar-refractivity contribution in [1.29, 1.82) is 0 Å². The molecule has 206 valence electrons. The molecule has 3 aromatic rings. The van der Waals surface area contributed by atoms with Gasteiger partial charge < -0.3 is 25.5 Å². The second-order valence-electron chi connectivity index (χ2n) is 8.43. The predicted molar refractivity (Wildman–Crippen MR) is 150 cm³/mol. The summed E-state index contributed by atoms with van der Waals surface area (Å²) < 4.78 is 7.65. The predicted octanol–water partition coefficient (Wildman–Crippen LogP) is 3.59. The van der Waals surface area contributed by atoms with Gasteiger partial charge >= 0.3 is 0 Å². The smallest absolute Gasteiger partial charge is 0.300 e. The summed E-state index contributed by atoms with van der Waals surface area (Å²) in [5, 5.41) is 13.1. The van der Waals surface area contributed by atoms with Crippen molar-refractivity contribution in [2.75, 3.05) is 31.6 Å². The second kappa shape index (κ2) is 15.2. The molecule has 1 fully saturated rings. The zero-order chi connectivity index (χ0) is 28.1. The maximum Gasteiger partial charge on any atom is 0.300 e. The minimum atomic E-state index is -0.833. The van der Waals surface area contributed by atoms with Gasteiger partial charge in [-0.1, -0.05) is 13.8 Å². The molecule has 1 saturated heterocycles. The van der Waals surface area contributed by atoms with Crippen LogP contribution in [0.5, 0.6) is 5.88 Å². The van der Waals surface area contributed by atoms with E-state index < -0.39 is 5.97 Å². The van der Waals surface area contributed by atoms with Gasteiger partial charge in [0, 0.05) is 51.7 Å². The molecule has 38 heavy (non-hydrogen) atoms. The molecule has 11 heteroatoms. The minimum Gasteiger partial charge on any atom is -0.481 e. The molecule has 4 rings (SSSR count). The maximum absolute atomic E-state index is 9.00. The highest BCUT2D eigenvalue weighted by Crippen LogP contribution is 2.25. The highest BCUT2D eigenvalue weighted by atomic mass is 16.5. The monoisotopic (exact) mass is 524 g/mol. The molecule has 0 aromatic carbocycles. The zero-order valence-electron chi connectivity index (χ0n) is 23.0. The van der Waals surface area contributed by atoms with Gasteiger partial charge in [0.15, 0.2) is 0 Å². The molecule has 0 spiro atoms. The lowest BCUT2D eigenvalue weighted by molar-refractivity contribution is -0.134. The number of nitrogens with two attached hydrogens (primary N) is 2. The van der Waals surface area contributed by atoms with Gasteiger partial charge in [-0.3, -0.25) is 4.79 Å². The molecular weight excluding hydrogens is 484 g/mol. The van der Waals surface area contributed by atoms with Crippen LogP contribution >= 0.6 is 0 Å². The van der Waals surface area contributed by atoms with E-state index in [1.54, 1.807) is 24.1 Å². The first-order valence-electron chi connectivity index (χ1n) is 12.7. The van der Waals surface area contributed by atoms with Crippen LogP contribution in [0.1, 0.15) is 51.4 Å². The van der Waals surface area contributed by atoms with E-state index in [9.17, 15) is 0 Å². The molecule has 0 radical (unpaired) electrons. The number of pyridine rings is 2. The number of hydrogen-bond acceptors (Lipinski definition) is 9. The Morgan fingerprint density at radius 2 is 1.84 bits per heavy atom. The van der Waals surface area contributed by atoms with Crippen molar-refractivity contribution in [1.82, 2.24) is 24.8 Å². The number of ether oxygens (including phenoxy) is 1. The third kappa shape index (κ3) is 8.77. The first-order chi connectivity index (χ1) is 18.3. The number of anilines is 1. The summed E-state index contributed by atoms with van der Waals surface area (Å²) >= 11 is 0. The van der Waals surface area contributed by atoms with E-state index >= 15 is 0 Å². The molecule has 1 aliphatic heterocycles. The number of carbonyl (C=O) groups is 1. The number of likely N-dealkylation sites (N-methyl/N-ethyl adjacent to an activating group) is 1. The van der Waals surface area contributed by atoms with Crippen LogP contribution in [0.4, 0.5) is 5.69 Å². The zero-order valence-corrected chi connectivity index (χ0v) is 23.0. The maximum atomic E-state index is 9.00. The molecule has 5 N–H and O–H groups in total. The molecule has 11 nitrogen and oxygen atoms in total. The van der Waals surface area contributed by atoms with E-state index in [1.807, 2.05) is 51.2 Å². The quantitative estimate of drug-likeness (QED) is 0.309. The van der Waals surface area contributed by atoms with Crippen molar-refractivity contribution in [3.63, 3.8) is 0 Å². The summed E-state index contributed by atoms with van der Waals surface area (Å²) in [6, 6.07) is 9.58. The lowest BCUT2D eigenvalue weighted by atomic mass is 10.1. The summed E-state index contributed by atoms with van der Waals surface area (Å²) in [6.45, 7) is 9.40. The molecular formula is C27H40N8O3. The number of rotatable bonds is 7. The fraction of sp³-hybridized carbons (Fsp3) is 0.407. The molecule has 0 saturated carbocycles. The topological polar surface area (TPSA) is 149 Å². The molecule has 1 aliphatic rings. The van der Waals surface area contributed by atoms with Gasteiger partial charge in [-0.2, -0.15) is 5.10 Å². The average molecular weight is 525 g/mol. The molecule has 0 unspecified atom stereocenters. The minimum absolute atomic E-state index is 0.156. The van der Waals surface area contributed by atoms with Crippen molar-refractivity contribution in [2.24, 2.45) is 11.6 Å². The van der Waals surface area contributed by atoms with Gasteiger partial charge in [0.2, 0.25) is 5.88 Å². The summed E-state index contributed by atoms with van der Waals surface area (Å²) in [7, 11) is 1.73. The van der Waals surface area contributed by atoms with Gasteiger partial charge in [-0.25, -0.2) is 20.5 Å². The second-order valence-corrected chi connectivity index (χ2v) is 8.43. The van der Waals surface area contributed by atoms with Crippen LogP contribution in [0, 0.1) is 6.92 Å². The summed E-state index contributed by atoms with van der Waals surface area (Å²) in [5.41, 5.74) is 11.2. The Bertz CT molecular complexity index is 1170. The molecule has 0 bridgehead atoms. The van der Waals surface area contributed by atoms with Crippen molar-refractivity contribution in [3.8, 4) is 11.6 Å². The van der Waals surface area contributed by atoms with Crippen LogP contribution in [0.15, 0.2) is 54.6 Å². The third-order valence-electron chi connectivity index (χ3n) is 5.61. The number of aryl methyl sites for hydroxylation is 1. The number of nitrogens with zero attached hydrogens (tertiary/aromatic N) is 6. The van der Waals surface area contributed by atoms with Crippen LogP contribution in [0.25, 0.3) is 11.4 Å². The molecule has 0 atom stereocenters. The first-order valence-corrected chi connectivity index (χ1v) is 12.7. The van der Waals surface area contributed by atoms with E-state index in [2.05, 4.69) is 21.0 Å². The lowest BCUT2D eigenvalue weighted by Crippen LogP contribution is -2.32. The van der Waals surface area contributed by atoms with Gasteiger partial charge in [0.25, 0.3) is 5.97 Å². The Labute approximate surface area is 224 Å². The molecule has 4 heterocycles. The summed E-state index contributed by atoms with van der Waals surface area (Å²) in [6.07, 6.45) is 8.99. The number of hydrogen-bond donors (Lipinski definition) is 3. The number of hydrazine groups is 1. The highest BCUT2D eigenvalue weighted by molar-refractivity contribution is 5.65. The number of carboxylic acid groups (broad SMARTS) is 1. The van der Waals surface area contributed by atoms with Crippen LogP contribution in [0.3, 0.4) is 0 Å². The number of aliphatic carboxylic acids is 1. The number of carboxylic acids is 1. The Morgan fingerprint density at radius 1 is 1.16 bits per heavy atom. The van der Waals surface area contributed by atoms with Gasteiger partial charge in [0.05, 0.1) is 34.2 Å². The van der Waals surface area contributed by atoms with Crippen LogP contribution in [0.2, 0.25) is 0 Å². The van der Waals surface area contributed by atoms with E-state index in [1.165, 1.54) is 30.0 Å². The van der Waals surface area contributed by atoms with Gasteiger partial charge in [0.1, 0.15) is 6.61 Å². The lowest BCUT2D eigenvalue weighted by Gasteiger charge is -2.30. The van der Waals surface area contributed by atoms with Crippen molar-refractivity contribution in [2.45, 2.75) is 47.0 Å². The normalized spacial score (nSPS) is 13.3. The van der Waals surface area contributed by atoms with E-state index in [0.717, 1.165) is 31.4 Å². The van der Waals surface area contributed by atoms with Gasteiger partial charge in [-0.05, 0) is 50.5 Å². The van der Waals surface area contributed by atoms with Crippen LogP contribution in [-0.2, 0) is 4.79 Å². The Morgan fingerprint density at radius 3 is 2.42 bits per heavy atom. The summed E-state index contributed by atoms with van der Waals surface area (Å²) in [4.78, 5) is 20.4. The van der Waals surface area contributed by atoms with E-state index in [4.69, 9.17) is 31.2 Å². The van der Waals surface area contributed by atoms with Crippen molar-refractivity contribution >= 4 is 17.4 Å². The van der Waals surface area contributed by atoms with Crippen LogP contribution in [-0.4, -0.2) is 62.6 Å². The fourth-order valence-electron chi connectivity index (χ4n) is 3.87. The van der Waals surface area contributed by atoms with E-state index in [-0.39, 0.29) is 6.61 Å². The standard InChI is InChI=1S/C23H30N8O.C2H4O2.C2H6/c1-17-20(30-12-4-3-5-13-30)8-7-19(28-17)23(24)21(29(2)25)16-32-22-15-18(9-11-26-22)31-14-6-10-27-31;1-2(3)4;1-2/h6-11,14-15H,3-5,12-13,16,24-25H2,1-2H3;1H3,(H,3,4);1-2H3/b23-21-;;.